The number of aryl methyl sites for hydroxylation is 1. The molecule has 2 fully saturated rings. The highest BCUT2D eigenvalue weighted by Crippen LogP contribution is 2.42. The highest BCUT2D eigenvalue weighted by molar-refractivity contribution is 5.24. The lowest BCUT2D eigenvalue weighted by Gasteiger charge is -2.32. The molecule has 1 aromatic rings. The molecule has 1 heterocycles. The molecule has 118 valence electrons. The third-order valence-corrected chi connectivity index (χ3v) is 6.33. The fourth-order valence-electron chi connectivity index (χ4n) is 4.92. The molecule has 2 bridgehead atoms. The van der Waals surface area contributed by atoms with Gasteiger partial charge in [0.05, 0.1) is 6.54 Å². The average Bonchev–Trinajstić information content (AvgIpc) is 3.14. The van der Waals surface area contributed by atoms with E-state index in [1.165, 1.54) is 57.7 Å². The average molecular weight is 298 g/mol. The van der Waals surface area contributed by atoms with Gasteiger partial charge in [-0.15, -0.1) is 0 Å². The van der Waals surface area contributed by atoms with Gasteiger partial charge in [-0.1, -0.05) is 36.4 Å². The van der Waals surface area contributed by atoms with Crippen LogP contribution >= 0.6 is 0 Å². The van der Waals surface area contributed by atoms with Crippen molar-refractivity contribution in [1.82, 2.24) is 0 Å². The van der Waals surface area contributed by atoms with E-state index >= 15 is 0 Å². The molecule has 2 heteroatoms. The first-order valence-corrected chi connectivity index (χ1v) is 9.18. The molecule has 0 spiro atoms. The van der Waals surface area contributed by atoms with Crippen molar-refractivity contribution >= 4 is 0 Å². The van der Waals surface area contributed by atoms with Crippen LogP contribution in [-0.2, 0) is 6.54 Å². The Morgan fingerprint density at radius 3 is 2.41 bits per heavy atom. The van der Waals surface area contributed by atoms with Crippen LogP contribution in [0.5, 0.6) is 0 Å². The van der Waals surface area contributed by atoms with E-state index in [2.05, 4.69) is 43.3 Å². The minimum absolute atomic E-state index is 0.926. The Hall–Kier alpha value is -1.12. The molecule has 2 nitrogen and oxygen atoms in total. The van der Waals surface area contributed by atoms with Crippen LogP contribution in [0.15, 0.2) is 36.4 Å². The number of quaternary nitrogens is 2. The van der Waals surface area contributed by atoms with E-state index in [1.807, 2.05) is 4.90 Å². The second kappa shape index (κ2) is 6.17. The number of hydrogen-bond donors (Lipinski definition) is 2. The van der Waals surface area contributed by atoms with Gasteiger partial charge in [-0.2, -0.15) is 0 Å². The zero-order valence-corrected chi connectivity index (χ0v) is 13.9. The molecular formula is C20H30N2+2. The van der Waals surface area contributed by atoms with Gasteiger partial charge in [0.25, 0.3) is 0 Å². The third kappa shape index (κ3) is 3.00. The van der Waals surface area contributed by atoms with E-state index in [9.17, 15) is 0 Å². The van der Waals surface area contributed by atoms with Gasteiger partial charge in [-0.05, 0) is 37.2 Å². The van der Waals surface area contributed by atoms with E-state index in [0.29, 0.717) is 0 Å². The predicted octanol–water partition coefficient (Wildman–Crippen LogP) is 0.491. The monoisotopic (exact) mass is 298 g/mol. The van der Waals surface area contributed by atoms with Gasteiger partial charge < -0.3 is 9.80 Å². The Bertz CT molecular complexity index is 542. The molecule has 2 aliphatic carbocycles. The first-order chi connectivity index (χ1) is 10.8. The van der Waals surface area contributed by atoms with Crippen molar-refractivity contribution in [1.29, 1.82) is 0 Å². The van der Waals surface area contributed by atoms with Gasteiger partial charge in [0.1, 0.15) is 32.7 Å². The maximum Gasteiger partial charge on any atom is 0.127 e. The first kappa shape index (κ1) is 14.5. The molecule has 0 aromatic heterocycles. The number of allylic oxidation sites excluding steroid dienone is 2. The van der Waals surface area contributed by atoms with Crippen molar-refractivity contribution in [2.75, 3.05) is 32.7 Å². The van der Waals surface area contributed by atoms with Crippen LogP contribution in [0.25, 0.3) is 0 Å². The van der Waals surface area contributed by atoms with Crippen LogP contribution < -0.4 is 9.80 Å². The molecule has 1 aromatic carbocycles. The minimum Gasteiger partial charge on any atom is -0.325 e. The van der Waals surface area contributed by atoms with E-state index < -0.39 is 0 Å². The number of benzene rings is 1. The van der Waals surface area contributed by atoms with Gasteiger partial charge in [-0.25, -0.2) is 0 Å². The summed E-state index contributed by atoms with van der Waals surface area (Å²) in [4.78, 5) is 3.66. The summed E-state index contributed by atoms with van der Waals surface area (Å²) >= 11 is 0. The molecule has 0 unspecified atom stereocenters. The molecule has 1 saturated carbocycles. The van der Waals surface area contributed by atoms with E-state index in [0.717, 1.165) is 17.8 Å². The fraction of sp³-hybridized carbons (Fsp3) is 0.600. The molecule has 2 N–H and O–H groups in total. The molecule has 1 aliphatic heterocycles. The molecule has 3 atom stereocenters. The molecule has 3 aliphatic rings. The summed E-state index contributed by atoms with van der Waals surface area (Å²) in [5, 5.41) is 0. The van der Waals surface area contributed by atoms with Crippen molar-refractivity contribution < 1.29 is 9.80 Å². The molecule has 22 heavy (non-hydrogen) atoms. The van der Waals surface area contributed by atoms with Crippen molar-refractivity contribution in [3.8, 4) is 0 Å². The van der Waals surface area contributed by atoms with Gasteiger partial charge >= 0.3 is 0 Å². The fourth-order valence-corrected chi connectivity index (χ4v) is 4.92. The number of piperazine rings is 1. The van der Waals surface area contributed by atoms with E-state index in [1.54, 1.807) is 10.5 Å². The Morgan fingerprint density at radius 1 is 0.955 bits per heavy atom. The molecule has 0 radical (unpaired) electrons. The SMILES string of the molecule is Cc1ccccc1C[NH+]1CC[NH+](C[C@H]2C[C@@H]3C=C[C@H]2C3)CC1. The van der Waals surface area contributed by atoms with Crippen molar-refractivity contribution in [2.45, 2.75) is 26.3 Å². The summed E-state index contributed by atoms with van der Waals surface area (Å²) < 4.78 is 0. The number of rotatable bonds is 4. The van der Waals surface area contributed by atoms with Gasteiger partial charge in [0.15, 0.2) is 0 Å². The molecule has 1 saturated heterocycles. The summed E-state index contributed by atoms with van der Waals surface area (Å²) in [6, 6.07) is 8.90. The molecular weight excluding hydrogens is 268 g/mol. The maximum atomic E-state index is 2.51. The third-order valence-electron chi connectivity index (χ3n) is 6.33. The van der Waals surface area contributed by atoms with Crippen LogP contribution in [0.3, 0.4) is 0 Å². The largest absolute Gasteiger partial charge is 0.325 e. The number of fused-ring (bicyclic) bond motifs is 2. The zero-order chi connectivity index (χ0) is 14.9. The standard InChI is InChI=1S/C20H28N2/c1-16-4-2-3-5-19(16)14-21-8-10-22(11-9-21)15-20-13-17-6-7-18(20)12-17/h2-7,17-18,20H,8-15H2,1H3/p+2/t17-,18+,20-/m1/s1. The Morgan fingerprint density at radius 2 is 1.73 bits per heavy atom. The highest BCUT2D eigenvalue weighted by Gasteiger charge is 2.38. The quantitative estimate of drug-likeness (QED) is 0.749. The lowest BCUT2D eigenvalue weighted by molar-refractivity contribution is -1.02. The summed E-state index contributed by atoms with van der Waals surface area (Å²) in [5.41, 5.74) is 3.00. The first-order valence-electron chi connectivity index (χ1n) is 9.18. The van der Waals surface area contributed by atoms with Gasteiger partial charge in [-0.3, -0.25) is 0 Å². The summed E-state index contributed by atoms with van der Waals surface area (Å²) in [5.74, 6) is 2.85. The lowest BCUT2D eigenvalue weighted by Crippen LogP contribution is -3.27. The smallest absolute Gasteiger partial charge is 0.127 e. The maximum absolute atomic E-state index is 2.51. The molecule has 4 rings (SSSR count). The Kier molecular flexibility index (Phi) is 4.06. The zero-order valence-electron chi connectivity index (χ0n) is 13.9. The number of hydrogen-bond acceptors (Lipinski definition) is 0. The minimum atomic E-state index is 0.926. The topological polar surface area (TPSA) is 8.88 Å². The van der Waals surface area contributed by atoms with Crippen molar-refractivity contribution in [3.05, 3.63) is 47.5 Å². The van der Waals surface area contributed by atoms with Crippen LogP contribution in [0.1, 0.15) is 24.0 Å². The Labute approximate surface area is 134 Å². The molecule has 0 amide bonds. The Balaban J connectivity index is 1.26. The van der Waals surface area contributed by atoms with E-state index in [-0.39, 0.29) is 0 Å². The van der Waals surface area contributed by atoms with Gasteiger partial charge in [0, 0.05) is 11.5 Å². The summed E-state index contributed by atoms with van der Waals surface area (Å²) in [6.45, 7) is 10.3. The van der Waals surface area contributed by atoms with Crippen LogP contribution in [0, 0.1) is 24.7 Å². The summed E-state index contributed by atoms with van der Waals surface area (Å²) in [6.07, 6.45) is 7.92. The van der Waals surface area contributed by atoms with Crippen LogP contribution in [0.2, 0.25) is 0 Å². The lowest BCUT2D eigenvalue weighted by atomic mass is 9.93. The predicted molar refractivity (Wildman–Crippen MR) is 90.0 cm³/mol. The van der Waals surface area contributed by atoms with Crippen LogP contribution in [-0.4, -0.2) is 32.7 Å². The summed E-state index contributed by atoms with van der Waals surface area (Å²) in [7, 11) is 0. The van der Waals surface area contributed by atoms with Crippen molar-refractivity contribution in [3.63, 3.8) is 0 Å². The highest BCUT2D eigenvalue weighted by atomic mass is 15.3. The van der Waals surface area contributed by atoms with Crippen molar-refractivity contribution in [2.24, 2.45) is 17.8 Å². The van der Waals surface area contributed by atoms with Crippen LogP contribution in [0.4, 0.5) is 0 Å². The second-order valence-electron chi connectivity index (χ2n) is 7.85. The van der Waals surface area contributed by atoms with E-state index in [4.69, 9.17) is 0 Å². The normalized spacial score (nSPS) is 36.9. The second-order valence-corrected chi connectivity index (χ2v) is 7.85. The number of nitrogens with one attached hydrogen (secondary N) is 2. The van der Waals surface area contributed by atoms with Gasteiger partial charge in [0.2, 0.25) is 0 Å².